The molecule has 0 atom stereocenters. The highest BCUT2D eigenvalue weighted by Gasteiger charge is 2.25. The first-order valence-electron chi connectivity index (χ1n) is 21.4. The smallest absolute Gasteiger partial charge is 0.159 e. The van der Waals surface area contributed by atoms with E-state index in [-0.39, 0.29) is 0 Å². The zero-order valence-electron chi connectivity index (χ0n) is 34.3. The first kappa shape index (κ1) is 36.8. The van der Waals surface area contributed by atoms with Crippen LogP contribution in [-0.2, 0) is 0 Å². The van der Waals surface area contributed by atoms with Crippen LogP contribution in [-0.4, -0.2) is 0 Å². The number of fused-ring (bicyclic) bond motifs is 6. The molecule has 0 radical (unpaired) electrons. The Morgan fingerprint density at radius 3 is 1.43 bits per heavy atom. The Kier molecular flexibility index (Phi) is 9.06. The SMILES string of the molecule is c1ccc(-c2ccc(-c3ccc(N(c4cccc5c4oc4cc(-c6ccccc6)ccc45)c4ccc(-c5ccccc5)c5sc6cc(-c7ccccc7)ccc6c45)cc3)cc2)cc1. The molecule has 2 nitrogen and oxygen atoms in total. The molecule has 0 aliphatic heterocycles. The van der Waals surface area contributed by atoms with Crippen molar-refractivity contribution in [3.05, 3.63) is 237 Å². The van der Waals surface area contributed by atoms with Crippen molar-refractivity contribution in [2.24, 2.45) is 0 Å². The number of furan rings is 1. The first-order chi connectivity index (χ1) is 31.2. The van der Waals surface area contributed by atoms with Crippen molar-refractivity contribution in [2.45, 2.75) is 0 Å². The van der Waals surface area contributed by atoms with Crippen LogP contribution >= 0.6 is 11.3 Å². The molecule has 0 saturated heterocycles. The van der Waals surface area contributed by atoms with E-state index >= 15 is 0 Å². The van der Waals surface area contributed by atoms with Crippen molar-refractivity contribution in [3.63, 3.8) is 0 Å². The van der Waals surface area contributed by atoms with Crippen LogP contribution in [0.1, 0.15) is 0 Å². The fourth-order valence-electron chi connectivity index (χ4n) is 9.17. The third-order valence-electron chi connectivity index (χ3n) is 12.3. The standard InChI is InChI=1S/C60H39NOS/c1-5-14-40(15-6-1)43-24-26-44(27-25-43)45-28-32-49(33-29-45)61(55-23-13-22-52-51-34-30-47(38-56(51)62-59(52)55)41-16-7-2-8-17-41)54-37-36-50(46-20-11-4-12-21-46)60-58(54)53-35-31-48(39-57(53)63-60)42-18-9-3-10-19-42/h1-39H. The Labute approximate surface area is 370 Å². The number of rotatable bonds is 8. The fraction of sp³-hybridized carbons (Fsp3) is 0. The molecule has 10 aromatic carbocycles. The van der Waals surface area contributed by atoms with Crippen molar-refractivity contribution in [1.29, 1.82) is 0 Å². The van der Waals surface area contributed by atoms with Gasteiger partial charge in [-0.2, -0.15) is 0 Å². The molecule has 12 aromatic rings. The van der Waals surface area contributed by atoms with Crippen LogP contribution in [0.2, 0.25) is 0 Å². The van der Waals surface area contributed by atoms with Crippen molar-refractivity contribution in [1.82, 2.24) is 0 Å². The molecule has 2 heterocycles. The second-order valence-corrected chi connectivity index (χ2v) is 17.1. The zero-order valence-corrected chi connectivity index (χ0v) is 35.1. The molecule has 3 heteroatoms. The summed E-state index contributed by atoms with van der Waals surface area (Å²) >= 11 is 1.87. The molecule has 0 saturated carbocycles. The summed E-state index contributed by atoms with van der Waals surface area (Å²) < 4.78 is 9.51. The van der Waals surface area contributed by atoms with Crippen LogP contribution in [0.3, 0.4) is 0 Å². The Bertz CT molecular complexity index is 3570. The van der Waals surface area contributed by atoms with E-state index in [1.54, 1.807) is 0 Å². The molecule has 63 heavy (non-hydrogen) atoms. The van der Waals surface area contributed by atoms with Gasteiger partial charge in [-0.3, -0.25) is 0 Å². The molecule has 0 aliphatic rings. The Hall–Kier alpha value is -7.98. The van der Waals surface area contributed by atoms with Gasteiger partial charge in [0.2, 0.25) is 0 Å². The van der Waals surface area contributed by atoms with Crippen molar-refractivity contribution in [2.75, 3.05) is 4.90 Å². The average molecular weight is 822 g/mol. The van der Waals surface area contributed by atoms with Crippen molar-refractivity contribution < 1.29 is 4.42 Å². The quantitative estimate of drug-likeness (QED) is 0.152. The van der Waals surface area contributed by atoms with E-state index in [2.05, 4.69) is 241 Å². The van der Waals surface area contributed by atoms with Gasteiger partial charge in [0.15, 0.2) is 5.58 Å². The second kappa shape index (κ2) is 15.5. The van der Waals surface area contributed by atoms with Crippen LogP contribution < -0.4 is 4.90 Å². The molecule has 0 unspecified atom stereocenters. The predicted octanol–water partition coefficient (Wildman–Crippen LogP) is 17.8. The van der Waals surface area contributed by atoms with Gasteiger partial charge in [-0.25, -0.2) is 0 Å². The number of benzene rings is 10. The summed E-state index contributed by atoms with van der Waals surface area (Å²) in [4.78, 5) is 2.42. The van der Waals surface area contributed by atoms with Gasteiger partial charge in [-0.15, -0.1) is 11.3 Å². The van der Waals surface area contributed by atoms with E-state index in [4.69, 9.17) is 4.42 Å². The summed E-state index contributed by atoms with van der Waals surface area (Å²) in [5.41, 5.74) is 16.8. The van der Waals surface area contributed by atoms with Crippen LogP contribution in [0, 0.1) is 0 Å². The summed E-state index contributed by atoms with van der Waals surface area (Å²) in [6.07, 6.45) is 0. The molecule has 0 bridgehead atoms. The minimum atomic E-state index is 0.851. The van der Waals surface area contributed by atoms with Gasteiger partial charge >= 0.3 is 0 Å². The lowest BCUT2D eigenvalue weighted by Crippen LogP contribution is -2.10. The number of anilines is 3. The van der Waals surface area contributed by atoms with Crippen molar-refractivity contribution >= 4 is 70.5 Å². The summed E-state index contributed by atoms with van der Waals surface area (Å²) in [5, 5.41) is 4.63. The summed E-state index contributed by atoms with van der Waals surface area (Å²) in [6.45, 7) is 0. The molecular formula is C60H39NOS. The first-order valence-corrected chi connectivity index (χ1v) is 22.2. The molecule has 296 valence electrons. The molecular weight excluding hydrogens is 783 g/mol. The molecule has 0 N–H and O–H groups in total. The van der Waals surface area contributed by atoms with Gasteiger partial charge in [0.05, 0.1) is 11.4 Å². The minimum Gasteiger partial charge on any atom is -0.454 e. The molecule has 2 aromatic heterocycles. The summed E-state index contributed by atoms with van der Waals surface area (Å²) in [6, 6.07) is 85.2. The van der Waals surface area contributed by atoms with E-state index in [1.165, 1.54) is 59.1 Å². The van der Waals surface area contributed by atoms with Gasteiger partial charge in [0, 0.05) is 36.6 Å². The van der Waals surface area contributed by atoms with Gasteiger partial charge in [0.25, 0.3) is 0 Å². The van der Waals surface area contributed by atoms with Gasteiger partial charge in [0.1, 0.15) is 5.58 Å². The lowest BCUT2D eigenvalue weighted by molar-refractivity contribution is 0.669. The summed E-state index contributed by atoms with van der Waals surface area (Å²) in [5.74, 6) is 0. The van der Waals surface area contributed by atoms with E-state index in [0.29, 0.717) is 0 Å². The van der Waals surface area contributed by atoms with E-state index in [0.717, 1.165) is 55.7 Å². The van der Waals surface area contributed by atoms with E-state index in [9.17, 15) is 0 Å². The summed E-state index contributed by atoms with van der Waals surface area (Å²) in [7, 11) is 0. The Morgan fingerprint density at radius 2 is 0.825 bits per heavy atom. The highest BCUT2D eigenvalue weighted by atomic mass is 32.1. The van der Waals surface area contributed by atoms with E-state index < -0.39 is 0 Å². The largest absolute Gasteiger partial charge is 0.454 e. The van der Waals surface area contributed by atoms with Gasteiger partial charge in [-0.1, -0.05) is 194 Å². The number of nitrogens with zero attached hydrogens (tertiary/aromatic N) is 1. The van der Waals surface area contributed by atoms with Crippen LogP contribution in [0.4, 0.5) is 17.1 Å². The molecule has 0 fully saturated rings. The number of hydrogen-bond donors (Lipinski definition) is 0. The van der Waals surface area contributed by atoms with Crippen LogP contribution in [0.15, 0.2) is 241 Å². The topological polar surface area (TPSA) is 16.4 Å². The second-order valence-electron chi connectivity index (χ2n) is 16.0. The number of thiophene rings is 1. The number of hydrogen-bond acceptors (Lipinski definition) is 3. The molecule has 0 spiro atoms. The van der Waals surface area contributed by atoms with E-state index in [1.807, 2.05) is 11.3 Å². The molecule has 0 amide bonds. The van der Waals surface area contributed by atoms with Gasteiger partial charge in [-0.05, 0) is 98.1 Å². The molecule has 12 rings (SSSR count). The van der Waals surface area contributed by atoms with Crippen LogP contribution in [0.5, 0.6) is 0 Å². The Morgan fingerprint density at radius 1 is 0.333 bits per heavy atom. The highest BCUT2D eigenvalue weighted by Crippen LogP contribution is 2.51. The minimum absolute atomic E-state index is 0.851. The normalized spacial score (nSPS) is 11.5. The number of para-hydroxylation sites is 1. The monoisotopic (exact) mass is 821 g/mol. The predicted molar refractivity (Wildman–Crippen MR) is 268 cm³/mol. The lowest BCUT2D eigenvalue weighted by atomic mass is 9.98. The van der Waals surface area contributed by atoms with Gasteiger partial charge < -0.3 is 9.32 Å². The fourth-order valence-corrected chi connectivity index (χ4v) is 10.5. The molecule has 0 aliphatic carbocycles. The van der Waals surface area contributed by atoms with Crippen LogP contribution in [0.25, 0.3) is 97.7 Å². The Balaban J connectivity index is 1.07. The maximum atomic E-state index is 7.01. The maximum absolute atomic E-state index is 7.01. The third kappa shape index (κ3) is 6.58. The third-order valence-corrected chi connectivity index (χ3v) is 13.5. The highest BCUT2D eigenvalue weighted by molar-refractivity contribution is 7.26. The average Bonchev–Trinajstić information content (AvgIpc) is 3.94. The lowest BCUT2D eigenvalue weighted by Gasteiger charge is -2.27. The zero-order chi connectivity index (χ0) is 41.7. The van der Waals surface area contributed by atoms with Crippen molar-refractivity contribution in [3.8, 4) is 55.6 Å². The maximum Gasteiger partial charge on any atom is 0.159 e.